The van der Waals surface area contributed by atoms with E-state index in [-0.39, 0.29) is 30.5 Å². The highest BCUT2D eigenvalue weighted by molar-refractivity contribution is 6.42. The van der Waals surface area contributed by atoms with Crippen LogP contribution in [-0.2, 0) is 23.1 Å². The smallest absolute Gasteiger partial charge is 0.227 e. The van der Waals surface area contributed by atoms with Crippen LogP contribution in [0.5, 0.6) is 5.75 Å². The summed E-state index contributed by atoms with van der Waals surface area (Å²) in [6, 6.07) is 11.7. The third-order valence-corrected chi connectivity index (χ3v) is 9.96. The summed E-state index contributed by atoms with van der Waals surface area (Å²) in [6.07, 6.45) is 3.04. The molecule has 1 saturated heterocycles. The number of rotatable bonds is 5. The largest absolute Gasteiger partial charge is 0.487 e. The Morgan fingerprint density at radius 3 is 2.78 bits per heavy atom. The number of aliphatic hydroxyl groups is 1. The molecule has 6 rings (SSSR count). The van der Waals surface area contributed by atoms with Gasteiger partial charge in [0.15, 0.2) is 0 Å². The average molecular weight is 530 g/mol. The molecule has 0 unspecified atom stereocenters. The van der Waals surface area contributed by atoms with Gasteiger partial charge in [0.1, 0.15) is 11.9 Å². The lowest BCUT2D eigenvalue weighted by Gasteiger charge is -2.64. The van der Waals surface area contributed by atoms with Crippen molar-refractivity contribution < 1.29 is 14.6 Å². The Morgan fingerprint density at radius 1 is 1.22 bits per heavy atom. The van der Waals surface area contributed by atoms with E-state index in [1.807, 2.05) is 17.0 Å². The molecule has 5 nitrogen and oxygen atoms in total. The predicted octanol–water partition coefficient (Wildman–Crippen LogP) is 4.87. The van der Waals surface area contributed by atoms with Gasteiger partial charge in [0, 0.05) is 18.2 Å². The monoisotopic (exact) mass is 528 g/mol. The van der Waals surface area contributed by atoms with Crippen LogP contribution < -0.4 is 4.74 Å². The predicted molar refractivity (Wildman–Crippen MR) is 142 cm³/mol. The van der Waals surface area contributed by atoms with Crippen LogP contribution in [0.1, 0.15) is 49.8 Å². The van der Waals surface area contributed by atoms with Crippen molar-refractivity contribution in [2.45, 2.75) is 75.2 Å². The molecule has 2 aromatic carbocycles. The lowest BCUT2D eigenvalue weighted by Crippen LogP contribution is -2.78. The van der Waals surface area contributed by atoms with Gasteiger partial charge in [0.2, 0.25) is 5.91 Å². The highest BCUT2D eigenvalue weighted by Crippen LogP contribution is 2.64. The second kappa shape index (κ2) is 8.62. The molecule has 1 spiro atoms. The molecule has 2 aliphatic carbocycles. The maximum Gasteiger partial charge on any atom is 0.227 e. The summed E-state index contributed by atoms with van der Waals surface area (Å²) in [5, 5.41) is 13.4. The first-order chi connectivity index (χ1) is 17.2. The summed E-state index contributed by atoms with van der Waals surface area (Å²) in [5.41, 5.74) is 1.99. The molecular formula is C29H34Cl2N2O3. The van der Waals surface area contributed by atoms with Crippen LogP contribution in [0.4, 0.5) is 0 Å². The first kappa shape index (κ1) is 24.5. The quantitative estimate of drug-likeness (QED) is 0.601. The van der Waals surface area contributed by atoms with Crippen molar-refractivity contribution in [1.82, 2.24) is 9.80 Å². The minimum absolute atomic E-state index is 0.0598. The first-order valence-electron chi connectivity index (χ1n) is 13.1. The Morgan fingerprint density at radius 2 is 2.03 bits per heavy atom. The Kier molecular flexibility index (Phi) is 5.88. The number of likely N-dealkylation sites (tertiary alicyclic amines) is 1. The number of carbonyl (C=O) groups excluding carboxylic acids is 1. The van der Waals surface area contributed by atoms with E-state index in [0.29, 0.717) is 28.9 Å². The van der Waals surface area contributed by atoms with Crippen molar-refractivity contribution in [1.29, 1.82) is 0 Å². The van der Waals surface area contributed by atoms with Gasteiger partial charge in [-0.3, -0.25) is 4.79 Å². The van der Waals surface area contributed by atoms with E-state index in [2.05, 4.69) is 37.9 Å². The molecule has 0 radical (unpaired) electrons. The van der Waals surface area contributed by atoms with Gasteiger partial charge < -0.3 is 19.6 Å². The molecule has 2 bridgehead atoms. The molecule has 2 aromatic rings. The Balaban J connectivity index is 1.40. The van der Waals surface area contributed by atoms with Crippen LogP contribution in [0, 0.1) is 5.92 Å². The second-order valence-electron chi connectivity index (χ2n) is 11.6. The normalized spacial score (nSPS) is 32.2. The van der Waals surface area contributed by atoms with E-state index in [1.54, 1.807) is 12.1 Å². The molecule has 2 heterocycles. The number of piperidine rings is 1. The first-order valence-corrected chi connectivity index (χ1v) is 13.9. The minimum Gasteiger partial charge on any atom is -0.487 e. The standard InChI is InChI=1S/C29H34Cl2N2O3/c1-17(2)16-33(25(34)14-18-7-8-20(30)21(31)13-18)22-9-10-29(35)24-15-19-5-4-6-23-26(19)28(29,27(22)36-23)11-12-32(24)3/h4-8,13,17,22,24,27,35H,9-12,14-16H2,1-3H3/t22-,24-,27+,28+,29-/m1/s1. The molecule has 192 valence electrons. The van der Waals surface area contributed by atoms with Crippen LogP contribution in [0.2, 0.25) is 10.0 Å². The summed E-state index contributed by atoms with van der Waals surface area (Å²) in [4.78, 5) is 18.3. The number of nitrogens with zero attached hydrogens (tertiary/aromatic N) is 2. The Bertz CT molecular complexity index is 1220. The van der Waals surface area contributed by atoms with Crippen molar-refractivity contribution in [2.24, 2.45) is 5.92 Å². The zero-order valence-corrected chi connectivity index (χ0v) is 22.6. The minimum atomic E-state index is -0.864. The molecule has 0 aromatic heterocycles. The molecule has 1 N–H and O–H groups in total. The van der Waals surface area contributed by atoms with Gasteiger partial charge in [-0.2, -0.15) is 0 Å². The van der Waals surface area contributed by atoms with Crippen molar-refractivity contribution in [3.05, 3.63) is 63.1 Å². The zero-order valence-electron chi connectivity index (χ0n) is 21.1. The summed E-state index contributed by atoms with van der Waals surface area (Å²) >= 11 is 12.4. The summed E-state index contributed by atoms with van der Waals surface area (Å²) in [5.74, 6) is 1.26. The van der Waals surface area contributed by atoms with E-state index in [9.17, 15) is 9.90 Å². The van der Waals surface area contributed by atoms with Gasteiger partial charge in [-0.15, -0.1) is 0 Å². The average Bonchev–Trinajstić information content (AvgIpc) is 3.17. The van der Waals surface area contributed by atoms with E-state index < -0.39 is 11.0 Å². The molecule has 2 fully saturated rings. The molecule has 5 atom stereocenters. The molecule has 4 aliphatic rings. The van der Waals surface area contributed by atoms with Gasteiger partial charge >= 0.3 is 0 Å². The van der Waals surface area contributed by atoms with Crippen LogP contribution in [0.3, 0.4) is 0 Å². The van der Waals surface area contributed by atoms with E-state index in [0.717, 1.165) is 37.1 Å². The molecule has 2 aliphatic heterocycles. The highest BCUT2D eigenvalue weighted by atomic mass is 35.5. The maximum absolute atomic E-state index is 13.9. The second-order valence-corrected chi connectivity index (χ2v) is 12.5. The lowest BCUT2D eigenvalue weighted by atomic mass is 9.48. The van der Waals surface area contributed by atoms with E-state index in [1.165, 1.54) is 11.1 Å². The van der Waals surface area contributed by atoms with Crippen LogP contribution in [0.15, 0.2) is 36.4 Å². The SMILES string of the molecule is CC(C)CN(C(=O)Cc1ccc(Cl)c(Cl)c1)[C@@H]1CC[C@@]2(O)[C@H]3Cc4cccc5c4[C@@]2(CCN3C)[C@H]1O5. The van der Waals surface area contributed by atoms with Crippen molar-refractivity contribution in [3.8, 4) is 5.75 Å². The lowest BCUT2D eigenvalue weighted by molar-refractivity contribution is -0.198. The van der Waals surface area contributed by atoms with Gasteiger partial charge in [0.05, 0.1) is 33.5 Å². The number of benzene rings is 2. The van der Waals surface area contributed by atoms with Gasteiger partial charge in [-0.1, -0.05) is 55.2 Å². The van der Waals surface area contributed by atoms with Gasteiger partial charge in [-0.25, -0.2) is 0 Å². The topological polar surface area (TPSA) is 53.0 Å². The van der Waals surface area contributed by atoms with Crippen molar-refractivity contribution >= 4 is 29.1 Å². The summed E-state index contributed by atoms with van der Waals surface area (Å²) < 4.78 is 6.78. The fraction of sp³-hybridized carbons (Fsp3) is 0.552. The number of ether oxygens (including phenoxy) is 1. The fourth-order valence-corrected chi connectivity index (χ4v) is 8.08. The molecule has 1 saturated carbocycles. The summed E-state index contributed by atoms with van der Waals surface area (Å²) in [6.45, 7) is 5.84. The summed E-state index contributed by atoms with van der Waals surface area (Å²) in [7, 11) is 2.13. The van der Waals surface area contributed by atoms with Gasteiger partial charge in [0.25, 0.3) is 0 Å². The molecule has 1 amide bonds. The van der Waals surface area contributed by atoms with Crippen molar-refractivity contribution in [3.63, 3.8) is 0 Å². The number of hydrogen-bond acceptors (Lipinski definition) is 4. The zero-order chi connectivity index (χ0) is 25.4. The number of amides is 1. The third kappa shape index (κ3) is 3.39. The Hall–Kier alpha value is -1.79. The number of halogens is 2. The maximum atomic E-state index is 13.9. The number of carbonyl (C=O) groups is 1. The molecule has 7 heteroatoms. The van der Waals surface area contributed by atoms with E-state index >= 15 is 0 Å². The highest BCUT2D eigenvalue weighted by Gasteiger charge is 2.72. The van der Waals surface area contributed by atoms with E-state index in [4.69, 9.17) is 27.9 Å². The molecular weight excluding hydrogens is 495 g/mol. The number of likely N-dealkylation sites (N-methyl/N-ethyl adjacent to an activating group) is 1. The van der Waals surface area contributed by atoms with Crippen LogP contribution in [-0.4, -0.2) is 64.7 Å². The van der Waals surface area contributed by atoms with Gasteiger partial charge in [-0.05, 0) is 74.5 Å². The van der Waals surface area contributed by atoms with Crippen LogP contribution in [0.25, 0.3) is 0 Å². The van der Waals surface area contributed by atoms with Crippen LogP contribution >= 0.6 is 23.2 Å². The fourth-order valence-electron chi connectivity index (χ4n) is 7.76. The molecule has 36 heavy (non-hydrogen) atoms. The number of hydrogen-bond donors (Lipinski definition) is 1. The third-order valence-electron chi connectivity index (χ3n) is 9.22. The van der Waals surface area contributed by atoms with Crippen molar-refractivity contribution in [2.75, 3.05) is 20.1 Å². The Labute approximate surface area is 223 Å².